The third-order valence-corrected chi connectivity index (χ3v) is 4.56. The predicted molar refractivity (Wildman–Crippen MR) is 83.4 cm³/mol. The Morgan fingerprint density at radius 1 is 1.45 bits per heavy atom. The van der Waals surface area contributed by atoms with Crippen molar-refractivity contribution in [3.05, 3.63) is 23.9 Å². The van der Waals surface area contributed by atoms with Gasteiger partial charge in [-0.25, -0.2) is 9.78 Å². The minimum atomic E-state index is 0.0393. The van der Waals surface area contributed by atoms with E-state index in [9.17, 15) is 4.79 Å². The summed E-state index contributed by atoms with van der Waals surface area (Å²) in [4.78, 5) is 20.4. The Bertz CT molecular complexity index is 588. The van der Waals surface area contributed by atoms with Gasteiger partial charge in [0.15, 0.2) is 0 Å². The van der Waals surface area contributed by atoms with Gasteiger partial charge in [-0.1, -0.05) is 6.92 Å². The number of piperazine rings is 1. The van der Waals surface area contributed by atoms with Gasteiger partial charge in [0.05, 0.1) is 11.6 Å². The standard InChI is InChI=1S/C16H21N5O/c1-12-8-14(12)11-19-16(22)21-6-4-20(5-7-21)15-9-13(10-17)2-3-18-15/h2-3,9,12,14H,4-8,11H2,1H3,(H,19,22)/t12-,14+/m1/s1. The monoisotopic (exact) mass is 299 g/mol. The van der Waals surface area contributed by atoms with Crippen LogP contribution >= 0.6 is 0 Å². The number of nitrogens with one attached hydrogen (secondary N) is 1. The molecule has 1 saturated heterocycles. The van der Waals surface area contributed by atoms with Crippen LogP contribution in [0.5, 0.6) is 0 Å². The Balaban J connectivity index is 1.49. The maximum Gasteiger partial charge on any atom is 0.317 e. The van der Waals surface area contributed by atoms with E-state index in [1.54, 1.807) is 18.3 Å². The minimum absolute atomic E-state index is 0.0393. The van der Waals surface area contributed by atoms with Crippen LogP contribution in [0.15, 0.2) is 18.3 Å². The number of amides is 2. The van der Waals surface area contributed by atoms with E-state index in [1.165, 1.54) is 6.42 Å². The topological polar surface area (TPSA) is 72.3 Å². The highest BCUT2D eigenvalue weighted by molar-refractivity contribution is 5.74. The lowest BCUT2D eigenvalue weighted by molar-refractivity contribution is 0.193. The van der Waals surface area contributed by atoms with E-state index in [4.69, 9.17) is 5.26 Å². The first kappa shape index (κ1) is 14.6. The van der Waals surface area contributed by atoms with Gasteiger partial charge < -0.3 is 15.1 Å². The Labute approximate surface area is 130 Å². The average molecular weight is 299 g/mol. The van der Waals surface area contributed by atoms with Gasteiger partial charge in [0.25, 0.3) is 0 Å². The molecule has 2 fully saturated rings. The van der Waals surface area contributed by atoms with Crippen LogP contribution in [0.25, 0.3) is 0 Å². The molecule has 2 heterocycles. The van der Waals surface area contributed by atoms with Crippen LogP contribution in [-0.2, 0) is 0 Å². The molecule has 0 spiro atoms. The first-order valence-corrected chi connectivity index (χ1v) is 7.81. The highest BCUT2D eigenvalue weighted by Gasteiger charge is 2.33. The molecule has 1 aromatic heterocycles. The lowest BCUT2D eigenvalue weighted by atomic mass is 10.2. The van der Waals surface area contributed by atoms with Gasteiger partial charge >= 0.3 is 6.03 Å². The zero-order valence-corrected chi connectivity index (χ0v) is 12.8. The third kappa shape index (κ3) is 3.30. The van der Waals surface area contributed by atoms with E-state index in [1.807, 2.05) is 4.90 Å². The summed E-state index contributed by atoms with van der Waals surface area (Å²) in [7, 11) is 0. The molecule has 2 amide bonds. The van der Waals surface area contributed by atoms with Gasteiger partial charge in [-0.15, -0.1) is 0 Å². The van der Waals surface area contributed by atoms with Gasteiger partial charge in [0.1, 0.15) is 5.82 Å². The molecule has 1 aliphatic carbocycles. The van der Waals surface area contributed by atoms with E-state index in [2.05, 4.69) is 28.2 Å². The SMILES string of the molecule is C[C@@H]1C[C@H]1CNC(=O)N1CCN(c2cc(C#N)ccn2)CC1. The molecular formula is C16H21N5O. The molecule has 1 aliphatic heterocycles. The molecule has 1 aromatic rings. The number of urea groups is 1. The summed E-state index contributed by atoms with van der Waals surface area (Å²) >= 11 is 0. The van der Waals surface area contributed by atoms with Gasteiger partial charge in [0, 0.05) is 38.9 Å². The number of nitriles is 1. The maximum atomic E-state index is 12.1. The first-order valence-electron chi connectivity index (χ1n) is 7.81. The molecule has 22 heavy (non-hydrogen) atoms. The summed E-state index contributed by atoms with van der Waals surface area (Å²) in [6.07, 6.45) is 2.89. The minimum Gasteiger partial charge on any atom is -0.353 e. The van der Waals surface area contributed by atoms with Crippen LogP contribution < -0.4 is 10.2 Å². The lowest BCUT2D eigenvalue weighted by Gasteiger charge is -2.35. The van der Waals surface area contributed by atoms with E-state index in [-0.39, 0.29) is 6.03 Å². The molecule has 1 N–H and O–H groups in total. The van der Waals surface area contributed by atoms with E-state index in [0.29, 0.717) is 24.6 Å². The summed E-state index contributed by atoms with van der Waals surface area (Å²) in [5.41, 5.74) is 0.615. The lowest BCUT2D eigenvalue weighted by Crippen LogP contribution is -2.52. The predicted octanol–water partition coefficient (Wildman–Crippen LogP) is 1.44. The summed E-state index contributed by atoms with van der Waals surface area (Å²) in [6, 6.07) is 5.66. The van der Waals surface area contributed by atoms with Crippen LogP contribution in [-0.4, -0.2) is 48.6 Å². The van der Waals surface area contributed by atoms with Crippen molar-refractivity contribution in [1.82, 2.24) is 15.2 Å². The van der Waals surface area contributed by atoms with Crippen molar-refractivity contribution in [2.45, 2.75) is 13.3 Å². The maximum absolute atomic E-state index is 12.1. The second kappa shape index (κ2) is 6.22. The number of anilines is 1. The Kier molecular flexibility index (Phi) is 4.14. The van der Waals surface area contributed by atoms with E-state index >= 15 is 0 Å². The highest BCUT2D eigenvalue weighted by Crippen LogP contribution is 2.36. The number of rotatable bonds is 3. The van der Waals surface area contributed by atoms with E-state index < -0.39 is 0 Å². The van der Waals surface area contributed by atoms with Crippen molar-refractivity contribution in [3.63, 3.8) is 0 Å². The molecule has 116 valence electrons. The Hall–Kier alpha value is -2.29. The van der Waals surface area contributed by atoms with Crippen LogP contribution in [0.2, 0.25) is 0 Å². The van der Waals surface area contributed by atoms with Crippen molar-refractivity contribution in [2.75, 3.05) is 37.6 Å². The molecule has 0 bridgehead atoms. The molecule has 1 saturated carbocycles. The zero-order chi connectivity index (χ0) is 15.5. The van der Waals surface area contributed by atoms with Crippen LogP contribution in [0.3, 0.4) is 0 Å². The normalized spacial score (nSPS) is 23.8. The fraction of sp³-hybridized carbons (Fsp3) is 0.562. The molecule has 6 nitrogen and oxygen atoms in total. The number of carbonyl (C=O) groups is 1. The van der Waals surface area contributed by atoms with Crippen molar-refractivity contribution >= 4 is 11.8 Å². The quantitative estimate of drug-likeness (QED) is 0.916. The van der Waals surface area contributed by atoms with Gasteiger partial charge in [-0.2, -0.15) is 5.26 Å². The van der Waals surface area contributed by atoms with Crippen LogP contribution in [0.4, 0.5) is 10.6 Å². The summed E-state index contributed by atoms with van der Waals surface area (Å²) in [5.74, 6) is 2.24. The second-order valence-electron chi connectivity index (χ2n) is 6.15. The fourth-order valence-corrected chi connectivity index (χ4v) is 2.81. The van der Waals surface area contributed by atoms with Crippen molar-refractivity contribution < 1.29 is 4.79 Å². The summed E-state index contributed by atoms with van der Waals surface area (Å²) in [5, 5.41) is 12.0. The molecule has 0 radical (unpaired) electrons. The van der Waals surface area contributed by atoms with Gasteiger partial charge in [-0.3, -0.25) is 0 Å². The number of hydrogen-bond acceptors (Lipinski definition) is 4. The van der Waals surface area contributed by atoms with Crippen molar-refractivity contribution in [2.24, 2.45) is 11.8 Å². The molecule has 6 heteroatoms. The number of nitrogens with zero attached hydrogens (tertiary/aromatic N) is 4. The van der Waals surface area contributed by atoms with E-state index in [0.717, 1.165) is 31.4 Å². The Morgan fingerprint density at radius 2 is 2.18 bits per heavy atom. The number of hydrogen-bond donors (Lipinski definition) is 1. The highest BCUT2D eigenvalue weighted by atomic mass is 16.2. The molecular weight excluding hydrogens is 278 g/mol. The van der Waals surface area contributed by atoms with Crippen LogP contribution in [0.1, 0.15) is 18.9 Å². The number of carbonyl (C=O) groups excluding carboxylic acids is 1. The van der Waals surface area contributed by atoms with Crippen molar-refractivity contribution in [1.29, 1.82) is 5.26 Å². The molecule has 0 aromatic carbocycles. The molecule has 3 rings (SSSR count). The average Bonchev–Trinajstić information content (AvgIpc) is 3.28. The molecule has 2 aliphatic rings. The number of aromatic nitrogens is 1. The largest absolute Gasteiger partial charge is 0.353 e. The third-order valence-electron chi connectivity index (χ3n) is 4.56. The molecule has 2 atom stereocenters. The fourth-order valence-electron chi connectivity index (χ4n) is 2.81. The van der Waals surface area contributed by atoms with Crippen molar-refractivity contribution in [3.8, 4) is 6.07 Å². The number of pyridine rings is 1. The van der Waals surface area contributed by atoms with Gasteiger partial charge in [0.2, 0.25) is 0 Å². The first-order chi connectivity index (χ1) is 10.7. The molecule has 0 unspecified atom stereocenters. The zero-order valence-electron chi connectivity index (χ0n) is 12.8. The van der Waals surface area contributed by atoms with Gasteiger partial charge in [-0.05, 0) is 30.4 Å². The summed E-state index contributed by atoms with van der Waals surface area (Å²) < 4.78 is 0. The smallest absolute Gasteiger partial charge is 0.317 e. The second-order valence-corrected chi connectivity index (χ2v) is 6.15. The Morgan fingerprint density at radius 3 is 2.82 bits per heavy atom. The summed E-state index contributed by atoms with van der Waals surface area (Å²) in [6.45, 7) is 5.88. The van der Waals surface area contributed by atoms with Crippen LogP contribution in [0, 0.1) is 23.2 Å².